The fraction of sp³-hybridized carbons (Fsp3) is 0.267. The molecule has 1 aliphatic heterocycles. The van der Waals surface area contributed by atoms with Crippen molar-refractivity contribution in [2.24, 2.45) is 0 Å². The van der Waals surface area contributed by atoms with Crippen LogP contribution in [0, 0.1) is 0 Å². The van der Waals surface area contributed by atoms with Crippen molar-refractivity contribution in [1.82, 2.24) is 4.98 Å². The molecule has 0 saturated carbocycles. The van der Waals surface area contributed by atoms with Crippen molar-refractivity contribution in [1.29, 1.82) is 0 Å². The van der Waals surface area contributed by atoms with Crippen molar-refractivity contribution < 1.29 is 4.74 Å². The molecule has 2 aromatic rings. The molecular weight excluding hydrogens is 260 g/mol. The number of benzene rings is 1. The normalized spacial score (nSPS) is 14.5. The summed E-state index contributed by atoms with van der Waals surface area (Å²) >= 11 is 5.94. The van der Waals surface area contributed by atoms with Gasteiger partial charge in [-0.05, 0) is 30.7 Å². The zero-order chi connectivity index (χ0) is 13.1. The summed E-state index contributed by atoms with van der Waals surface area (Å²) in [6.07, 6.45) is 1.01. The van der Waals surface area contributed by atoms with Gasteiger partial charge >= 0.3 is 0 Å². The number of fused-ring (bicyclic) bond motifs is 1. The third kappa shape index (κ3) is 2.82. The zero-order valence-electron chi connectivity index (χ0n) is 10.6. The molecule has 98 valence electrons. The van der Waals surface area contributed by atoms with Gasteiger partial charge in [0.2, 0.25) is 0 Å². The lowest BCUT2D eigenvalue weighted by Crippen LogP contribution is -2.23. The van der Waals surface area contributed by atoms with Gasteiger partial charge in [0.05, 0.1) is 24.5 Å². The van der Waals surface area contributed by atoms with Gasteiger partial charge in [-0.15, -0.1) is 0 Å². The molecule has 0 spiro atoms. The average molecular weight is 275 g/mol. The molecule has 0 bridgehead atoms. The molecule has 0 unspecified atom stereocenters. The summed E-state index contributed by atoms with van der Waals surface area (Å²) in [6, 6.07) is 13.9. The van der Waals surface area contributed by atoms with Crippen LogP contribution in [0.2, 0.25) is 5.15 Å². The van der Waals surface area contributed by atoms with Crippen LogP contribution in [-0.4, -0.2) is 18.1 Å². The lowest BCUT2D eigenvalue weighted by atomic mass is 10.2. The minimum Gasteiger partial charge on any atom is -0.491 e. The summed E-state index contributed by atoms with van der Waals surface area (Å²) in [7, 11) is 0. The molecule has 0 N–H and O–H groups in total. The van der Waals surface area contributed by atoms with Gasteiger partial charge in [-0.3, -0.25) is 0 Å². The molecule has 19 heavy (non-hydrogen) atoms. The molecule has 1 aromatic heterocycles. The van der Waals surface area contributed by atoms with E-state index in [0.29, 0.717) is 5.15 Å². The molecule has 3 nitrogen and oxygen atoms in total. The highest BCUT2D eigenvalue weighted by Gasteiger charge is 2.16. The molecule has 1 aliphatic rings. The summed E-state index contributed by atoms with van der Waals surface area (Å²) in [6.45, 7) is 2.47. The van der Waals surface area contributed by atoms with E-state index in [4.69, 9.17) is 16.3 Å². The number of pyridine rings is 1. The molecule has 3 rings (SSSR count). The van der Waals surface area contributed by atoms with Crippen molar-refractivity contribution in [2.45, 2.75) is 13.0 Å². The monoisotopic (exact) mass is 274 g/mol. The van der Waals surface area contributed by atoms with Crippen LogP contribution in [0.4, 0.5) is 5.69 Å². The average Bonchev–Trinajstić information content (AvgIpc) is 2.62. The third-order valence-corrected chi connectivity index (χ3v) is 3.37. The summed E-state index contributed by atoms with van der Waals surface area (Å²) in [4.78, 5) is 6.65. The largest absolute Gasteiger partial charge is 0.491 e. The molecular formula is C15H15ClN2O. The molecule has 0 fully saturated rings. The molecule has 2 heterocycles. The Labute approximate surface area is 117 Å². The fourth-order valence-corrected chi connectivity index (χ4v) is 2.48. The van der Waals surface area contributed by atoms with Gasteiger partial charge in [-0.1, -0.05) is 29.8 Å². The number of para-hydroxylation sites is 2. The first-order valence-electron chi connectivity index (χ1n) is 6.41. The second-order valence-corrected chi connectivity index (χ2v) is 4.93. The number of nitrogens with zero attached hydrogens (tertiary/aromatic N) is 2. The van der Waals surface area contributed by atoms with Crippen LogP contribution in [0.15, 0.2) is 42.5 Å². The molecule has 0 saturated heterocycles. The first-order valence-corrected chi connectivity index (χ1v) is 6.79. The van der Waals surface area contributed by atoms with Crippen molar-refractivity contribution >= 4 is 17.3 Å². The van der Waals surface area contributed by atoms with Gasteiger partial charge in [0.25, 0.3) is 0 Å². The smallest absolute Gasteiger partial charge is 0.142 e. The van der Waals surface area contributed by atoms with E-state index in [1.807, 2.05) is 30.3 Å². The van der Waals surface area contributed by atoms with Crippen LogP contribution in [0.1, 0.15) is 12.1 Å². The van der Waals surface area contributed by atoms with E-state index < -0.39 is 0 Å². The molecule has 0 aliphatic carbocycles. The fourth-order valence-electron chi connectivity index (χ4n) is 2.30. The second-order valence-electron chi connectivity index (χ2n) is 4.54. The lowest BCUT2D eigenvalue weighted by molar-refractivity contribution is 0.322. The van der Waals surface area contributed by atoms with Crippen LogP contribution in [0.5, 0.6) is 5.75 Å². The summed E-state index contributed by atoms with van der Waals surface area (Å²) in [5.41, 5.74) is 2.10. The zero-order valence-corrected chi connectivity index (χ0v) is 11.3. The van der Waals surface area contributed by atoms with E-state index in [1.165, 1.54) is 0 Å². The van der Waals surface area contributed by atoms with Crippen molar-refractivity contribution in [2.75, 3.05) is 18.1 Å². The van der Waals surface area contributed by atoms with Crippen LogP contribution >= 0.6 is 11.6 Å². The Morgan fingerprint density at radius 1 is 1.16 bits per heavy atom. The second kappa shape index (κ2) is 5.49. The number of hydrogen-bond acceptors (Lipinski definition) is 3. The highest BCUT2D eigenvalue weighted by molar-refractivity contribution is 6.29. The Morgan fingerprint density at radius 3 is 2.95 bits per heavy atom. The lowest BCUT2D eigenvalue weighted by Gasteiger charge is -2.23. The summed E-state index contributed by atoms with van der Waals surface area (Å²) in [5, 5.41) is 0.539. The molecule has 0 radical (unpaired) electrons. The van der Waals surface area contributed by atoms with E-state index in [0.717, 1.165) is 43.2 Å². The SMILES string of the molecule is Clc1cccc(CN2CCCOc3ccccc32)n1. The highest BCUT2D eigenvalue weighted by atomic mass is 35.5. The van der Waals surface area contributed by atoms with Crippen molar-refractivity contribution in [3.8, 4) is 5.75 Å². The predicted octanol–water partition coefficient (Wildman–Crippen LogP) is 3.52. The highest BCUT2D eigenvalue weighted by Crippen LogP contribution is 2.31. The maximum Gasteiger partial charge on any atom is 0.142 e. The molecule has 1 aromatic carbocycles. The number of ether oxygens (including phenoxy) is 1. The quantitative estimate of drug-likeness (QED) is 0.784. The van der Waals surface area contributed by atoms with Crippen LogP contribution in [-0.2, 0) is 6.54 Å². The van der Waals surface area contributed by atoms with E-state index in [2.05, 4.69) is 16.0 Å². The number of halogens is 1. The van der Waals surface area contributed by atoms with Crippen LogP contribution in [0.25, 0.3) is 0 Å². The minimum atomic E-state index is 0.539. The Balaban J connectivity index is 1.88. The van der Waals surface area contributed by atoms with E-state index in [1.54, 1.807) is 6.07 Å². The Hall–Kier alpha value is -1.74. The predicted molar refractivity (Wildman–Crippen MR) is 76.9 cm³/mol. The third-order valence-electron chi connectivity index (χ3n) is 3.16. The molecule has 0 amide bonds. The molecule has 0 atom stereocenters. The van der Waals surface area contributed by atoms with Crippen LogP contribution in [0.3, 0.4) is 0 Å². The Bertz CT molecular complexity index is 574. The van der Waals surface area contributed by atoms with E-state index >= 15 is 0 Å². The van der Waals surface area contributed by atoms with E-state index in [9.17, 15) is 0 Å². The summed E-state index contributed by atoms with van der Waals surface area (Å²) in [5.74, 6) is 0.946. The first kappa shape index (κ1) is 12.3. The first-order chi connectivity index (χ1) is 9.33. The maximum atomic E-state index is 5.94. The van der Waals surface area contributed by atoms with Gasteiger partial charge < -0.3 is 9.64 Å². The van der Waals surface area contributed by atoms with Crippen LogP contribution < -0.4 is 9.64 Å². The number of hydrogen-bond donors (Lipinski definition) is 0. The molecule has 4 heteroatoms. The maximum absolute atomic E-state index is 5.94. The van der Waals surface area contributed by atoms with Crippen molar-refractivity contribution in [3.05, 3.63) is 53.3 Å². The van der Waals surface area contributed by atoms with Crippen molar-refractivity contribution in [3.63, 3.8) is 0 Å². The number of aromatic nitrogens is 1. The summed E-state index contributed by atoms with van der Waals surface area (Å²) < 4.78 is 5.75. The minimum absolute atomic E-state index is 0.539. The topological polar surface area (TPSA) is 25.4 Å². The van der Waals surface area contributed by atoms with E-state index in [-0.39, 0.29) is 0 Å². The van der Waals surface area contributed by atoms with Gasteiger partial charge in [-0.25, -0.2) is 4.98 Å². The standard InChI is InChI=1S/C15H15ClN2O/c16-15-8-3-5-12(17-15)11-18-9-4-10-19-14-7-2-1-6-13(14)18/h1-3,5-8H,4,9-11H2. The Morgan fingerprint density at radius 2 is 2.05 bits per heavy atom. The van der Waals surface area contributed by atoms with Gasteiger partial charge in [0.15, 0.2) is 0 Å². The van der Waals surface area contributed by atoms with Gasteiger partial charge in [0, 0.05) is 6.54 Å². The number of rotatable bonds is 2. The van der Waals surface area contributed by atoms with Gasteiger partial charge in [-0.2, -0.15) is 0 Å². The van der Waals surface area contributed by atoms with Gasteiger partial charge in [0.1, 0.15) is 10.9 Å². The number of anilines is 1. The Kier molecular flexibility index (Phi) is 3.56.